The summed E-state index contributed by atoms with van der Waals surface area (Å²) >= 11 is 0. The maximum absolute atomic E-state index is 13.9. The van der Waals surface area contributed by atoms with Crippen LogP contribution in [0.2, 0.25) is 0 Å². The van der Waals surface area contributed by atoms with Gasteiger partial charge in [0.05, 0.1) is 5.56 Å². The summed E-state index contributed by atoms with van der Waals surface area (Å²) in [6, 6.07) is 4.76. The molecule has 2 unspecified atom stereocenters. The Labute approximate surface area is 114 Å². The van der Waals surface area contributed by atoms with Gasteiger partial charge in [0.15, 0.2) is 5.78 Å². The van der Waals surface area contributed by atoms with Crippen molar-refractivity contribution in [2.24, 2.45) is 5.92 Å². The molecule has 102 valence electrons. The molecule has 0 N–H and O–H groups in total. The minimum absolute atomic E-state index is 0.105. The molecule has 1 aromatic rings. The van der Waals surface area contributed by atoms with Gasteiger partial charge >= 0.3 is 0 Å². The van der Waals surface area contributed by atoms with Crippen LogP contribution >= 0.6 is 0 Å². The molecule has 0 saturated carbocycles. The van der Waals surface area contributed by atoms with Crippen LogP contribution in [0.5, 0.6) is 0 Å². The summed E-state index contributed by atoms with van der Waals surface area (Å²) in [5.74, 6) is -0.678. The molecule has 2 heterocycles. The van der Waals surface area contributed by atoms with Crippen molar-refractivity contribution in [2.75, 3.05) is 0 Å². The highest BCUT2D eigenvalue weighted by atomic mass is 32.2. The lowest BCUT2D eigenvalue weighted by atomic mass is 9.90. The fraction of sp³-hybridized carbons (Fsp3) is 0.533. The van der Waals surface area contributed by atoms with E-state index in [1.165, 1.54) is 6.07 Å². The lowest BCUT2D eigenvalue weighted by Gasteiger charge is -2.26. The van der Waals surface area contributed by atoms with E-state index < -0.39 is 16.6 Å². The summed E-state index contributed by atoms with van der Waals surface area (Å²) in [7, 11) is -0.767. The molecule has 19 heavy (non-hydrogen) atoms. The van der Waals surface area contributed by atoms with Gasteiger partial charge in [0.2, 0.25) is 0 Å². The minimum Gasteiger partial charge on any atom is -0.294 e. The van der Waals surface area contributed by atoms with Crippen LogP contribution in [-0.2, 0) is 10.8 Å². The van der Waals surface area contributed by atoms with Crippen LogP contribution < -0.4 is 0 Å². The number of Topliss-reactive ketones (excluding diaryl/α,β-unsaturated/α-hetero) is 1. The van der Waals surface area contributed by atoms with Gasteiger partial charge in [-0.1, -0.05) is 6.07 Å². The van der Waals surface area contributed by atoms with E-state index in [0.29, 0.717) is 12.8 Å². The highest BCUT2D eigenvalue weighted by Crippen LogP contribution is 2.40. The van der Waals surface area contributed by atoms with Crippen molar-refractivity contribution in [3.05, 3.63) is 35.1 Å². The lowest BCUT2D eigenvalue weighted by molar-refractivity contribution is 0.0902. The molecule has 2 bridgehead atoms. The van der Waals surface area contributed by atoms with Crippen LogP contribution in [0, 0.1) is 18.7 Å². The van der Waals surface area contributed by atoms with Crippen molar-refractivity contribution in [1.82, 2.24) is 0 Å². The number of benzene rings is 1. The van der Waals surface area contributed by atoms with Crippen LogP contribution in [0.1, 0.15) is 41.6 Å². The molecule has 4 heteroatoms. The molecular formula is C15H17FO2S. The van der Waals surface area contributed by atoms with E-state index >= 15 is 0 Å². The van der Waals surface area contributed by atoms with E-state index in [9.17, 15) is 13.4 Å². The first-order valence-electron chi connectivity index (χ1n) is 6.76. The highest BCUT2D eigenvalue weighted by Gasteiger charge is 2.43. The van der Waals surface area contributed by atoms with E-state index in [4.69, 9.17) is 0 Å². The number of rotatable bonds is 2. The molecule has 2 aliphatic rings. The molecule has 0 amide bonds. The zero-order chi connectivity index (χ0) is 13.6. The van der Waals surface area contributed by atoms with E-state index in [1.807, 2.05) is 0 Å². The normalized spacial score (nSPS) is 33.4. The second-order valence-corrected chi connectivity index (χ2v) is 7.66. The molecule has 0 radical (unpaired) electrons. The molecule has 0 aromatic heterocycles. The Morgan fingerprint density at radius 2 is 1.89 bits per heavy atom. The number of halogens is 1. The fourth-order valence-electron chi connectivity index (χ4n) is 3.29. The Balaban J connectivity index is 1.83. The molecule has 0 spiro atoms. The number of carbonyl (C=O) groups excluding carboxylic acids is 1. The summed E-state index contributed by atoms with van der Waals surface area (Å²) in [5.41, 5.74) is 1.02. The number of hydrogen-bond donors (Lipinski definition) is 0. The third kappa shape index (κ3) is 2.27. The fourth-order valence-corrected chi connectivity index (χ4v) is 5.41. The summed E-state index contributed by atoms with van der Waals surface area (Å²) in [6.07, 6.45) is 3.24. The van der Waals surface area contributed by atoms with Gasteiger partial charge in [-0.05, 0) is 50.3 Å². The van der Waals surface area contributed by atoms with Crippen molar-refractivity contribution in [3.63, 3.8) is 0 Å². The van der Waals surface area contributed by atoms with Gasteiger partial charge in [-0.3, -0.25) is 9.00 Å². The predicted molar refractivity (Wildman–Crippen MR) is 73.1 cm³/mol. The Morgan fingerprint density at radius 1 is 1.26 bits per heavy atom. The molecule has 2 fully saturated rings. The largest absolute Gasteiger partial charge is 0.294 e. The molecule has 2 aliphatic heterocycles. The van der Waals surface area contributed by atoms with Gasteiger partial charge in [-0.2, -0.15) is 0 Å². The van der Waals surface area contributed by atoms with Crippen molar-refractivity contribution >= 4 is 16.6 Å². The Morgan fingerprint density at radius 3 is 2.47 bits per heavy atom. The van der Waals surface area contributed by atoms with Crippen molar-refractivity contribution < 1.29 is 13.4 Å². The molecule has 2 saturated heterocycles. The summed E-state index contributed by atoms with van der Waals surface area (Å²) < 4.78 is 25.8. The van der Waals surface area contributed by atoms with Gasteiger partial charge in [-0.25, -0.2) is 4.39 Å². The maximum Gasteiger partial charge on any atom is 0.168 e. The first-order chi connectivity index (χ1) is 9.06. The van der Waals surface area contributed by atoms with Crippen LogP contribution in [0.15, 0.2) is 18.2 Å². The first kappa shape index (κ1) is 13.0. The monoisotopic (exact) mass is 280 g/mol. The van der Waals surface area contributed by atoms with E-state index in [-0.39, 0.29) is 27.8 Å². The van der Waals surface area contributed by atoms with Crippen LogP contribution in [-0.4, -0.2) is 20.5 Å². The van der Waals surface area contributed by atoms with Crippen LogP contribution in [0.3, 0.4) is 0 Å². The van der Waals surface area contributed by atoms with Gasteiger partial charge in [0.25, 0.3) is 0 Å². The van der Waals surface area contributed by atoms with Gasteiger partial charge in [0.1, 0.15) is 5.82 Å². The van der Waals surface area contributed by atoms with Crippen molar-refractivity contribution in [2.45, 2.75) is 43.1 Å². The van der Waals surface area contributed by atoms with Crippen LogP contribution in [0.4, 0.5) is 4.39 Å². The average Bonchev–Trinajstić information content (AvgIpc) is 2.61. The smallest absolute Gasteiger partial charge is 0.168 e. The number of fused-ring (bicyclic) bond motifs is 2. The zero-order valence-corrected chi connectivity index (χ0v) is 11.7. The van der Waals surface area contributed by atoms with Gasteiger partial charge < -0.3 is 0 Å². The molecule has 3 rings (SSSR count). The van der Waals surface area contributed by atoms with Crippen molar-refractivity contribution in [1.29, 1.82) is 0 Å². The third-order valence-corrected chi connectivity index (χ3v) is 6.49. The number of aryl methyl sites for hydroxylation is 1. The maximum atomic E-state index is 13.9. The second-order valence-electron chi connectivity index (χ2n) is 5.67. The number of ketones is 1. The Hall–Kier alpha value is -1.03. The molecule has 2 atom stereocenters. The Kier molecular flexibility index (Phi) is 3.29. The zero-order valence-electron chi connectivity index (χ0n) is 10.9. The van der Waals surface area contributed by atoms with Gasteiger partial charge in [0, 0.05) is 27.2 Å². The lowest BCUT2D eigenvalue weighted by Crippen LogP contribution is -2.32. The summed E-state index contributed by atoms with van der Waals surface area (Å²) in [6.45, 7) is 1.81. The molecule has 2 nitrogen and oxygen atoms in total. The minimum atomic E-state index is -0.767. The van der Waals surface area contributed by atoms with E-state index in [2.05, 4.69) is 0 Å². The molecule has 0 aliphatic carbocycles. The summed E-state index contributed by atoms with van der Waals surface area (Å²) in [4.78, 5) is 12.4. The number of carbonyl (C=O) groups is 1. The van der Waals surface area contributed by atoms with E-state index in [1.54, 1.807) is 19.1 Å². The SMILES string of the molecule is Cc1ccc(C(=O)C2CC3CCC(C2)S3=O)c(F)c1. The second kappa shape index (κ2) is 4.82. The van der Waals surface area contributed by atoms with E-state index in [0.717, 1.165) is 18.4 Å². The third-order valence-electron chi connectivity index (χ3n) is 4.32. The highest BCUT2D eigenvalue weighted by molar-refractivity contribution is 7.86. The molecule has 1 aromatic carbocycles. The Bertz CT molecular complexity index is 539. The average molecular weight is 280 g/mol. The predicted octanol–water partition coefficient (Wildman–Crippen LogP) is 3.01. The summed E-state index contributed by atoms with van der Waals surface area (Å²) in [5, 5.41) is 0.308. The van der Waals surface area contributed by atoms with Gasteiger partial charge in [-0.15, -0.1) is 0 Å². The van der Waals surface area contributed by atoms with Crippen LogP contribution in [0.25, 0.3) is 0 Å². The quantitative estimate of drug-likeness (QED) is 0.780. The molecular weight excluding hydrogens is 263 g/mol. The first-order valence-corrected chi connectivity index (χ1v) is 8.03. The van der Waals surface area contributed by atoms with Crippen molar-refractivity contribution in [3.8, 4) is 0 Å². The standard InChI is InChI=1S/C15H17FO2S/c1-9-2-5-13(14(16)6-9)15(17)10-7-11-3-4-12(8-10)19(11)18/h2,5-6,10-12H,3-4,7-8H2,1H3. The topological polar surface area (TPSA) is 34.1 Å². The number of hydrogen-bond acceptors (Lipinski definition) is 2.